The number of ether oxygens (including phenoxy) is 2. The molecular weight excluding hydrogens is 270 g/mol. The number of carbonyl (C=O) groups excluding carboxylic acids is 1. The summed E-state index contributed by atoms with van der Waals surface area (Å²) < 4.78 is 10.5. The van der Waals surface area contributed by atoms with E-state index in [9.17, 15) is 4.79 Å². The Bertz CT molecular complexity index is 450. The lowest BCUT2D eigenvalue weighted by Crippen LogP contribution is -2.20. The maximum absolute atomic E-state index is 11.9. The predicted octanol–water partition coefficient (Wildman–Crippen LogP) is 1.44. The predicted molar refractivity (Wildman–Crippen MR) is 84.7 cm³/mol. The number of nitrogens with two attached hydrogens (primary N) is 1. The number of likely N-dealkylation sites (N-methyl/N-ethyl adjacent to an activating group) is 1. The van der Waals surface area contributed by atoms with Crippen LogP contribution in [0.25, 0.3) is 0 Å². The van der Waals surface area contributed by atoms with Crippen LogP contribution in [-0.4, -0.2) is 57.9 Å². The first-order chi connectivity index (χ1) is 10.0. The highest BCUT2D eigenvalue weighted by molar-refractivity contribution is 5.96. The second-order valence-electron chi connectivity index (χ2n) is 4.87. The summed E-state index contributed by atoms with van der Waals surface area (Å²) in [6, 6.07) is 5.15. The summed E-state index contributed by atoms with van der Waals surface area (Å²) in [6.07, 6.45) is 0. The molecule has 0 saturated carbocycles. The molecule has 6 heteroatoms. The molecule has 3 N–H and O–H groups in total. The van der Waals surface area contributed by atoms with Crippen LogP contribution in [0.4, 0.5) is 11.4 Å². The second kappa shape index (κ2) is 9.20. The SMILES string of the molecule is CCOC(=O)c1cc(N)ccc1NCCOCCN(C)C. The molecule has 6 nitrogen and oxygen atoms in total. The van der Waals surface area contributed by atoms with Crippen molar-refractivity contribution in [2.75, 3.05) is 58.1 Å². The van der Waals surface area contributed by atoms with Gasteiger partial charge in [-0.2, -0.15) is 0 Å². The lowest BCUT2D eigenvalue weighted by Gasteiger charge is -2.13. The van der Waals surface area contributed by atoms with Gasteiger partial charge in [0.2, 0.25) is 0 Å². The van der Waals surface area contributed by atoms with Gasteiger partial charge in [0.1, 0.15) is 0 Å². The van der Waals surface area contributed by atoms with Crippen molar-refractivity contribution >= 4 is 17.3 Å². The molecule has 21 heavy (non-hydrogen) atoms. The number of anilines is 2. The first kappa shape index (κ1) is 17.3. The number of benzene rings is 1. The first-order valence-corrected chi connectivity index (χ1v) is 7.07. The normalized spacial score (nSPS) is 10.7. The molecule has 0 saturated heterocycles. The smallest absolute Gasteiger partial charge is 0.340 e. The van der Waals surface area contributed by atoms with Crippen molar-refractivity contribution in [2.24, 2.45) is 0 Å². The highest BCUT2D eigenvalue weighted by Gasteiger charge is 2.12. The van der Waals surface area contributed by atoms with Crippen LogP contribution in [0.3, 0.4) is 0 Å². The number of carbonyl (C=O) groups is 1. The molecule has 0 aliphatic rings. The van der Waals surface area contributed by atoms with E-state index in [1.54, 1.807) is 25.1 Å². The summed E-state index contributed by atoms with van der Waals surface area (Å²) >= 11 is 0. The summed E-state index contributed by atoms with van der Waals surface area (Å²) in [7, 11) is 4.00. The quantitative estimate of drug-likeness (QED) is 0.408. The number of hydrogen-bond acceptors (Lipinski definition) is 6. The van der Waals surface area contributed by atoms with Crippen LogP contribution >= 0.6 is 0 Å². The third-order valence-corrected chi connectivity index (χ3v) is 2.78. The summed E-state index contributed by atoms with van der Waals surface area (Å²) in [6.45, 7) is 4.86. The molecule has 0 aliphatic carbocycles. The molecule has 0 unspecified atom stereocenters. The van der Waals surface area contributed by atoms with Gasteiger partial charge in [0.15, 0.2) is 0 Å². The molecule has 0 fully saturated rings. The Balaban J connectivity index is 2.48. The van der Waals surface area contributed by atoms with Gasteiger partial charge in [-0.15, -0.1) is 0 Å². The van der Waals surface area contributed by atoms with Gasteiger partial charge in [-0.3, -0.25) is 0 Å². The van der Waals surface area contributed by atoms with Gasteiger partial charge in [0, 0.05) is 24.5 Å². The van der Waals surface area contributed by atoms with Crippen LogP contribution in [0, 0.1) is 0 Å². The Morgan fingerprint density at radius 2 is 2.10 bits per heavy atom. The molecule has 0 radical (unpaired) electrons. The Kier molecular flexibility index (Phi) is 7.56. The monoisotopic (exact) mass is 295 g/mol. The number of hydrogen-bond donors (Lipinski definition) is 2. The Labute approximate surface area is 126 Å². The summed E-state index contributed by atoms with van der Waals surface area (Å²) in [5.74, 6) is -0.374. The van der Waals surface area contributed by atoms with Crippen molar-refractivity contribution in [1.82, 2.24) is 4.90 Å². The summed E-state index contributed by atoms with van der Waals surface area (Å²) in [5, 5.41) is 3.17. The van der Waals surface area contributed by atoms with Crippen LogP contribution in [0.15, 0.2) is 18.2 Å². The van der Waals surface area contributed by atoms with Crippen molar-refractivity contribution in [2.45, 2.75) is 6.92 Å². The van der Waals surface area contributed by atoms with Gasteiger partial charge in [-0.05, 0) is 39.2 Å². The summed E-state index contributed by atoms with van der Waals surface area (Å²) in [5.41, 5.74) is 7.41. The van der Waals surface area contributed by atoms with E-state index < -0.39 is 0 Å². The van der Waals surface area contributed by atoms with Gasteiger partial charge in [0.05, 0.1) is 25.4 Å². The summed E-state index contributed by atoms with van der Waals surface area (Å²) in [4.78, 5) is 13.9. The van der Waals surface area contributed by atoms with Crippen molar-refractivity contribution in [1.29, 1.82) is 0 Å². The van der Waals surface area contributed by atoms with E-state index in [0.717, 1.165) is 6.54 Å². The molecule has 0 atom stereocenters. The number of nitrogen functional groups attached to an aromatic ring is 1. The zero-order chi connectivity index (χ0) is 15.7. The molecule has 0 heterocycles. The molecule has 1 aromatic carbocycles. The fourth-order valence-corrected chi connectivity index (χ4v) is 1.70. The Morgan fingerprint density at radius 3 is 2.76 bits per heavy atom. The molecule has 0 bridgehead atoms. The highest BCUT2D eigenvalue weighted by atomic mass is 16.5. The molecule has 1 rings (SSSR count). The second-order valence-corrected chi connectivity index (χ2v) is 4.87. The number of nitrogens with zero attached hydrogens (tertiary/aromatic N) is 1. The van der Waals surface area contributed by atoms with Crippen molar-refractivity contribution in [3.63, 3.8) is 0 Å². The average Bonchev–Trinajstić information content (AvgIpc) is 2.43. The van der Waals surface area contributed by atoms with Crippen LogP contribution in [-0.2, 0) is 9.47 Å². The lowest BCUT2D eigenvalue weighted by molar-refractivity contribution is 0.0527. The van der Waals surface area contributed by atoms with E-state index in [4.69, 9.17) is 15.2 Å². The number of rotatable bonds is 9. The van der Waals surface area contributed by atoms with E-state index in [2.05, 4.69) is 10.2 Å². The van der Waals surface area contributed by atoms with E-state index in [1.165, 1.54) is 0 Å². The topological polar surface area (TPSA) is 76.8 Å². The Morgan fingerprint density at radius 1 is 1.33 bits per heavy atom. The molecule has 118 valence electrons. The third kappa shape index (κ3) is 6.46. The van der Waals surface area contributed by atoms with Crippen molar-refractivity contribution in [3.05, 3.63) is 23.8 Å². The standard InChI is InChI=1S/C15H25N3O3/c1-4-21-15(19)13-11-12(16)5-6-14(13)17-7-9-20-10-8-18(2)3/h5-6,11,17H,4,7-10,16H2,1-3H3. The van der Waals surface area contributed by atoms with E-state index in [-0.39, 0.29) is 5.97 Å². The minimum atomic E-state index is -0.374. The zero-order valence-corrected chi connectivity index (χ0v) is 13.0. The fourth-order valence-electron chi connectivity index (χ4n) is 1.70. The molecular formula is C15H25N3O3. The van der Waals surface area contributed by atoms with Crippen molar-refractivity contribution < 1.29 is 14.3 Å². The van der Waals surface area contributed by atoms with Gasteiger partial charge in [-0.1, -0.05) is 0 Å². The maximum Gasteiger partial charge on any atom is 0.340 e. The van der Waals surface area contributed by atoms with Crippen molar-refractivity contribution in [3.8, 4) is 0 Å². The Hall–Kier alpha value is -1.79. The molecule has 0 amide bonds. The molecule has 0 spiro atoms. The van der Waals surface area contributed by atoms with E-state index >= 15 is 0 Å². The lowest BCUT2D eigenvalue weighted by atomic mass is 10.1. The minimum Gasteiger partial charge on any atom is -0.462 e. The van der Waals surface area contributed by atoms with Crippen LogP contribution in [0.2, 0.25) is 0 Å². The van der Waals surface area contributed by atoms with E-state index in [1.807, 2.05) is 14.1 Å². The van der Waals surface area contributed by atoms with Crippen LogP contribution in [0.5, 0.6) is 0 Å². The minimum absolute atomic E-state index is 0.334. The molecule has 1 aromatic rings. The average molecular weight is 295 g/mol. The largest absolute Gasteiger partial charge is 0.462 e. The van der Waals surface area contributed by atoms with Gasteiger partial charge < -0.3 is 25.4 Å². The van der Waals surface area contributed by atoms with Crippen LogP contribution < -0.4 is 11.1 Å². The van der Waals surface area contributed by atoms with Gasteiger partial charge in [0.25, 0.3) is 0 Å². The fraction of sp³-hybridized carbons (Fsp3) is 0.533. The number of esters is 1. The molecule has 0 aliphatic heterocycles. The number of nitrogens with one attached hydrogen (secondary N) is 1. The third-order valence-electron chi connectivity index (χ3n) is 2.78. The first-order valence-electron chi connectivity index (χ1n) is 7.07. The zero-order valence-electron chi connectivity index (χ0n) is 13.0. The van der Waals surface area contributed by atoms with Gasteiger partial charge in [-0.25, -0.2) is 4.79 Å². The van der Waals surface area contributed by atoms with E-state index in [0.29, 0.717) is 43.3 Å². The molecule has 0 aromatic heterocycles. The van der Waals surface area contributed by atoms with Crippen LogP contribution in [0.1, 0.15) is 17.3 Å². The van der Waals surface area contributed by atoms with Gasteiger partial charge >= 0.3 is 5.97 Å². The maximum atomic E-state index is 11.9. The highest BCUT2D eigenvalue weighted by Crippen LogP contribution is 2.19.